The van der Waals surface area contributed by atoms with E-state index >= 15 is 0 Å². The van der Waals surface area contributed by atoms with Gasteiger partial charge in [-0.3, -0.25) is 0 Å². The molecule has 0 aromatic rings. The fraction of sp³-hybridized carbons (Fsp3) is 1.00. The first-order valence-electron chi connectivity index (χ1n) is 4.80. The van der Waals surface area contributed by atoms with Gasteiger partial charge in [-0.05, 0) is 37.6 Å². The molecule has 0 aromatic carbocycles. The number of hydrogen-bond donors (Lipinski definition) is 2. The molecule has 2 nitrogen and oxygen atoms in total. The zero-order valence-electron chi connectivity index (χ0n) is 7.22. The second-order valence-corrected chi connectivity index (χ2v) is 4.07. The number of fused-ring (bicyclic) bond motifs is 2. The molecule has 1 heterocycles. The monoisotopic (exact) mass is 154 g/mol. The molecule has 4 atom stereocenters. The van der Waals surface area contributed by atoms with Crippen molar-refractivity contribution in [3.63, 3.8) is 0 Å². The van der Waals surface area contributed by atoms with E-state index in [-0.39, 0.29) is 0 Å². The summed E-state index contributed by atoms with van der Waals surface area (Å²) in [7, 11) is 0. The normalized spacial score (nSPS) is 44.7. The van der Waals surface area contributed by atoms with E-state index in [9.17, 15) is 0 Å². The van der Waals surface area contributed by atoms with E-state index in [1.807, 2.05) is 0 Å². The summed E-state index contributed by atoms with van der Waals surface area (Å²) in [4.78, 5) is 0. The molecule has 1 aliphatic heterocycles. The van der Waals surface area contributed by atoms with Crippen LogP contribution in [0, 0.1) is 11.8 Å². The zero-order valence-corrected chi connectivity index (χ0v) is 7.22. The van der Waals surface area contributed by atoms with Crippen LogP contribution >= 0.6 is 0 Å². The van der Waals surface area contributed by atoms with Gasteiger partial charge >= 0.3 is 0 Å². The third-order valence-electron chi connectivity index (χ3n) is 3.44. The maximum absolute atomic E-state index is 6.04. The highest BCUT2D eigenvalue weighted by molar-refractivity contribution is 4.98. The maximum atomic E-state index is 6.04. The summed E-state index contributed by atoms with van der Waals surface area (Å²) < 4.78 is 0. The molecule has 4 unspecified atom stereocenters. The van der Waals surface area contributed by atoms with Crippen molar-refractivity contribution in [3.05, 3.63) is 0 Å². The molecule has 2 rings (SSSR count). The highest BCUT2D eigenvalue weighted by Crippen LogP contribution is 2.38. The molecule has 64 valence electrons. The van der Waals surface area contributed by atoms with Gasteiger partial charge in [0.05, 0.1) is 0 Å². The lowest BCUT2D eigenvalue weighted by Crippen LogP contribution is -2.39. The smallest absolute Gasteiger partial charge is 0.00737 e. The van der Waals surface area contributed by atoms with Gasteiger partial charge in [0.25, 0.3) is 0 Å². The summed E-state index contributed by atoms with van der Waals surface area (Å²) in [6.07, 6.45) is 3.87. The molecule has 0 aromatic heterocycles. The van der Waals surface area contributed by atoms with Crippen LogP contribution in [0.1, 0.15) is 26.2 Å². The third-order valence-corrected chi connectivity index (χ3v) is 3.44. The van der Waals surface area contributed by atoms with Crippen molar-refractivity contribution >= 4 is 0 Å². The molecule has 2 bridgehead atoms. The number of hydrogen-bond acceptors (Lipinski definition) is 2. The van der Waals surface area contributed by atoms with Crippen molar-refractivity contribution < 1.29 is 0 Å². The van der Waals surface area contributed by atoms with Crippen molar-refractivity contribution in [2.45, 2.75) is 38.3 Å². The quantitative estimate of drug-likeness (QED) is 0.615. The predicted octanol–water partition coefficient (Wildman–Crippen LogP) is 0.722. The van der Waals surface area contributed by atoms with E-state index in [4.69, 9.17) is 5.73 Å². The molecular formula is C9H18N2. The summed E-state index contributed by atoms with van der Waals surface area (Å²) in [5.74, 6) is 1.72. The lowest BCUT2D eigenvalue weighted by Gasteiger charge is -2.27. The lowest BCUT2D eigenvalue weighted by atomic mass is 9.87. The Morgan fingerprint density at radius 2 is 2.36 bits per heavy atom. The van der Waals surface area contributed by atoms with Crippen molar-refractivity contribution in [2.24, 2.45) is 17.6 Å². The minimum atomic E-state index is 0.465. The van der Waals surface area contributed by atoms with Gasteiger partial charge in [-0.1, -0.05) is 6.92 Å². The van der Waals surface area contributed by atoms with Gasteiger partial charge in [0.15, 0.2) is 0 Å². The number of rotatable bonds is 2. The van der Waals surface area contributed by atoms with E-state index in [0.717, 1.165) is 24.3 Å². The second-order valence-electron chi connectivity index (χ2n) is 4.07. The molecule has 2 fully saturated rings. The molecule has 3 N–H and O–H groups in total. The van der Waals surface area contributed by atoms with E-state index in [0.29, 0.717) is 6.04 Å². The highest BCUT2D eigenvalue weighted by Gasteiger charge is 2.41. The Labute approximate surface area is 68.5 Å². The average molecular weight is 154 g/mol. The average Bonchev–Trinajstić information content (AvgIpc) is 2.62. The van der Waals surface area contributed by atoms with Crippen LogP contribution in [0.5, 0.6) is 0 Å². The molecule has 0 spiro atoms. The lowest BCUT2D eigenvalue weighted by molar-refractivity contribution is 0.291. The summed E-state index contributed by atoms with van der Waals surface area (Å²) in [6, 6.07) is 1.27. The van der Waals surface area contributed by atoms with Gasteiger partial charge in [-0.2, -0.15) is 0 Å². The molecule has 1 saturated heterocycles. The summed E-state index contributed by atoms with van der Waals surface area (Å²) >= 11 is 0. The molecule has 2 aliphatic rings. The standard InChI is InChI=1S/C9H18N2/c1-2-9(10)8-4-7-3-6(8)5-11-7/h6-9,11H,2-5,10H2,1H3. The Bertz CT molecular complexity index is 146. The summed E-state index contributed by atoms with van der Waals surface area (Å²) in [6.45, 7) is 3.42. The van der Waals surface area contributed by atoms with Crippen LogP contribution in [-0.4, -0.2) is 18.6 Å². The van der Waals surface area contributed by atoms with Crippen LogP contribution in [0.15, 0.2) is 0 Å². The topological polar surface area (TPSA) is 38.0 Å². The van der Waals surface area contributed by atoms with Gasteiger partial charge in [0.1, 0.15) is 0 Å². The third kappa shape index (κ3) is 1.18. The van der Waals surface area contributed by atoms with Crippen molar-refractivity contribution in [1.82, 2.24) is 5.32 Å². The summed E-state index contributed by atoms with van der Waals surface area (Å²) in [5, 5.41) is 3.51. The van der Waals surface area contributed by atoms with Gasteiger partial charge in [-0.25, -0.2) is 0 Å². The molecule has 2 heteroatoms. The van der Waals surface area contributed by atoms with Crippen LogP contribution in [-0.2, 0) is 0 Å². The fourth-order valence-electron chi connectivity index (χ4n) is 2.70. The van der Waals surface area contributed by atoms with Crippen LogP contribution in [0.4, 0.5) is 0 Å². The van der Waals surface area contributed by atoms with Crippen molar-refractivity contribution in [2.75, 3.05) is 6.54 Å². The largest absolute Gasteiger partial charge is 0.327 e. The van der Waals surface area contributed by atoms with Crippen LogP contribution in [0.25, 0.3) is 0 Å². The first-order valence-corrected chi connectivity index (χ1v) is 4.80. The Morgan fingerprint density at radius 3 is 2.82 bits per heavy atom. The van der Waals surface area contributed by atoms with Gasteiger partial charge in [0, 0.05) is 12.1 Å². The van der Waals surface area contributed by atoms with Crippen LogP contribution < -0.4 is 11.1 Å². The molecule has 1 aliphatic carbocycles. The Balaban J connectivity index is 1.96. The maximum Gasteiger partial charge on any atom is 0.00737 e. The first kappa shape index (κ1) is 7.56. The molecule has 0 amide bonds. The van der Waals surface area contributed by atoms with Gasteiger partial charge < -0.3 is 11.1 Å². The predicted molar refractivity (Wildman–Crippen MR) is 46.3 cm³/mol. The SMILES string of the molecule is CCC(N)C1CC2CC1CN2. The summed E-state index contributed by atoms with van der Waals surface area (Å²) in [5.41, 5.74) is 6.04. The van der Waals surface area contributed by atoms with E-state index in [1.54, 1.807) is 0 Å². The molecule has 0 radical (unpaired) electrons. The van der Waals surface area contributed by atoms with Crippen molar-refractivity contribution in [3.8, 4) is 0 Å². The minimum Gasteiger partial charge on any atom is -0.327 e. The first-order chi connectivity index (χ1) is 5.31. The Hall–Kier alpha value is -0.0800. The fourth-order valence-corrected chi connectivity index (χ4v) is 2.70. The van der Waals surface area contributed by atoms with E-state index < -0.39 is 0 Å². The zero-order chi connectivity index (χ0) is 7.84. The highest BCUT2D eigenvalue weighted by atomic mass is 15.0. The van der Waals surface area contributed by atoms with E-state index in [2.05, 4.69) is 12.2 Å². The van der Waals surface area contributed by atoms with Gasteiger partial charge in [-0.15, -0.1) is 0 Å². The minimum absolute atomic E-state index is 0.465. The van der Waals surface area contributed by atoms with Crippen LogP contribution in [0.2, 0.25) is 0 Å². The molecule has 1 saturated carbocycles. The molecular weight excluding hydrogens is 136 g/mol. The Kier molecular flexibility index (Phi) is 1.90. The van der Waals surface area contributed by atoms with E-state index in [1.165, 1.54) is 19.4 Å². The van der Waals surface area contributed by atoms with Gasteiger partial charge in [0.2, 0.25) is 0 Å². The Morgan fingerprint density at radius 1 is 1.55 bits per heavy atom. The number of nitrogens with two attached hydrogens (primary N) is 1. The second kappa shape index (κ2) is 2.76. The van der Waals surface area contributed by atoms with Crippen molar-refractivity contribution in [1.29, 1.82) is 0 Å². The molecule has 11 heavy (non-hydrogen) atoms. The van der Waals surface area contributed by atoms with Crippen LogP contribution in [0.3, 0.4) is 0 Å². The number of nitrogens with one attached hydrogen (secondary N) is 1. The number of piperidine rings is 1.